The van der Waals surface area contributed by atoms with Gasteiger partial charge in [0.25, 0.3) is 11.8 Å². The van der Waals surface area contributed by atoms with E-state index in [1.807, 2.05) is 0 Å². The Morgan fingerprint density at radius 1 is 0.973 bits per heavy atom. The fraction of sp³-hybridized carbons (Fsp3) is 0.364. The van der Waals surface area contributed by atoms with E-state index in [0.29, 0.717) is 12.1 Å². The molecule has 37 heavy (non-hydrogen) atoms. The molecule has 0 bridgehead atoms. The molecular weight excluding hydrogens is 557 g/mol. The highest BCUT2D eigenvalue weighted by Crippen LogP contribution is 2.53. The van der Waals surface area contributed by atoms with E-state index in [1.165, 1.54) is 32.0 Å². The zero-order valence-corrected chi connectivity index (χ0v) is 20.8. The Bertz CT molecular complexity index is 1210. The largest absolute Gasteiger partial charge is 0.435 e. The first-order valence-corrected chi connectivity index (χ1v) is 11.8. The van der Waals surface area contributed by atoms with Gasteiger partial charge in [0, 0.05) is 17.3 Å². The van der Waals surface area contributed by atoms with Crippen LogP contribution in [0.4, 0.5) is 36.4 Å². The van der Waals surface area contributed by atoms with Crippen LogP contribution < -0.4 is 10.6 Å². The van der Waals surface area contributed by atoms with Crippen molar-refractivity contribution in [3.8, 4) is 0 Å². The molecule has 2 aromatic carbocycles. The van der Waals surface area contributed by atoms with Crippen molar-refractivity contribution in [3.05, 3.63) is 63.7 Å². The molecule has 0 radical (unpaired) electrons. The lowest BCUT2D eigenvalue weighted by Crippen LogP contribution is -2.50. The molecule has 0 heterocycles. The van der Waals surface area contributed by atoms with Gasteiger partial charge in [-0.05, 0) is 44.5 Å². The monoisotopic (exact) mass is 576 g/mol. The van der Waals surface area contributed by atoms with E-state index in [0.717, 1.165) is 6.92 Å². The summed E-state index contributed by atoms with van der Waals surface area (Å²) < 4.78 is 113. The van der Waals surface area contributed by atoms with Gasteiger partial charge in [0.1, 0.15) is 0 Å². The van der Waals surface area contributed by atoms with Gasteiger partial charge in [-0.25, -0.2) is 8.60 Å². The van der Waals surface area contributed by atoms with Crippen molar-refractivity contribution < 1.29 is 49.1 Å². The first-order valence-electron chi connectivity index (χ1n) is 10.3. The molecule has 1 unspecified atom stereocenters. The first-order chi connectivity index (χ1) is 16.8. The molecule has 0 spiro atoms. The van der Waals surface area contributed by atoms with Crippen LogP contribution in [0.3, 0.4) is 0 Å². The average Bonchev–Trinajstić information content (AvgIpc) is 2.77. The molecule has 204 valence electrons. The van der Waals surface area contributed by atoms with Gasteiger partial charge in [0.15, 0.2) is 11.1 Å². The zero-order chi connectivity index (χ0) is 28.5. The van der Waals surface area contributed by atoms with Crippen molar-refractivity contribution in [3.63, 3.8) is 0 Å². The van der Waals surface area contributed by atoms with Crippen molar-refractivity contribution >= 4 is 40.2 Å². The van der Waals surface area contributed by atoms with E-state index in [-0.39, 0.29) is 33.5 Å². The molecule has 2 rings (SSSR count). The summed E-state index contributed by atoms with van der Waals surface area (Å²) in [6, 6.07) is 4.15. The molecule has 0 aliphatic rings. The Kier molecular flexibility index (Phi) is 9.03. The second kappa shape index (κ2) is 11.0. The van der Waals surface area contributed by atoms with Gasteiger partial charge in [0.2, 0.25) is 0 Å². The van der Waals surface area contributed by atoms with Crippen molar-refractivity contribution in [1.29, 1.82) is 0 Å². The molecular formula is C22H20ClF7N2O4S. The number of hydrogen-bond donors (Lipinski definition) is 3. The van der Waals surface area contributed by atoms with Crippen LogP contribution in [0.25, 0.3) is 0 Å². The summed E-state index contributed by atoms with van der Waals surface area (Å²) in [6.07, 6.45) is -12.6. The third-order valence-corrected chi connectivity index (χ3v) is 6.88. The lowest BCUT2D eigenvalue weighted by Gasteiger charge is -2.30. The molecule has 0 aromatic heterocycles. The fourth-order valence-corrected chi connectivity index (χ4v) is 3.89. The minimum atomic E-state index is -6.30. The number of alkyl halides is 7. The second-order valence-electron chi connectivity index (χ2n) is 8.04. The van der Waals surface area contributed by atoms with Crippen LogP contribution in [0.2, 0.25) is 5.02 Å². The maximum Gasteiger partial charge on any atom is 0.435 e. The summed E-state index contributed by atoms with van der Waals surface area (Å²) in [6.45, 7) is 3.87. The summed E-state index contributed by atoms with van der Waals surface area (Å²) in [4.78, 5) is 25.7. The quantitative estimate of drug-likeness (QED) is 0.282. The summed E-state index contributed by atoms with van der Waals surface area (Å²) in [5.74, 6) is -1.89. The van der Waals surface area contributed by atoms with E-state index in [2.05, 4.69) is 10.6 Å². The highest BCUT2D eigenvalue weighted by Gasteiger charge is 2.73. The van der Waals surface area contributed by atoms with Gasteiger partial charge in [-0.2, -0.15) is 26.3 Å². The summed E-state index contributed by atoms with van der Waals surface area (Å²) in [7, 11) is 0. The molecule has 2 amide bonds. The highest BCUT2D eigenvalue weighted by molar-refractivity contribution is 7.79. The Morgan fingerprint density at radius 3 is 2.03 bits per heavy atom. The third-order valence-electron chi connectivity index (χ3n) is 5.52. The topological polar surface area (TPSA) is 95.5 Å². The average molecular weight is 577 g/mol. The molecule has 6 nitrogen and oxygen atoms in total. The standard InChI is InChI=1S/C22H20ClF7N2O4S/c1-10-9-13(20(24,21(25,26)27)22(28,29)30)7-8-16(10)32-18(33)14-5-4-6-15(23)17(14)19(34)31-11(2)12(3)37(35)36/h4-9,11-12H,1-3H3,(H,31,34)(H,32,33)(H,35,36)/t11-,12-/m1/s1. The van der Waals surface area contributed by atoms with Gasteiger partial charge in [-0.3, -0.25) is 9.59 Å². The van der Waals surface area contributed by atoms with E-state index in [9.17, 15) is 49.1 Å². The lowest BCUT2D eigenvalue weighted by atomic mass is 9.92. The van der Waals surface area contributed by atoms with Crippen molar-refractivity contribution in [2.45, 2.75) is 50.1 Å². The Hall–Kier alpha value is -2.71. The number of carbonyl (C=O) groups is 2. The molecule has 0 aliphatic carbocycles. The smallest absolute Gasteiger partial charge is 0.348 e. The van der Waals surface area contributed by atoms with E-state index < -0.39 is 57.8 Å². The van der Waals surface area contributed by atoms with Gasteiger partial charge in [-0.15, -0.1) is 0 Å². The normalized spacial score (nSPS) is 15.0. The number of anilines is 1. The number of halogens is 8. The minimum absolute atomic E-state index is 0.181. The lowest BCUT2D eigenvalue weighted by molar-refractivity contribution is -0.348. The number of rotatable bonds is 7. The summed E-state index contributed by atoms with van der Waals surface area (Å²) in [5.41, 5.74) is -8.61. The highest BCUT2D eigenvalue weighted by atomic mass is 35.5. The molecule has 2 aromatic rings. The predicted molar refractivity (Wildman–Crippen MR) is 123 cm³/mol. The van der Waals surface area contributed by atoms with Crippen LogP contribution in [0.5, 0.6) is 0 Å². The number of nitrogens with one attached hydrogen (secondary N) is 2. The zero-order valence-electron chi connectivity index (χ0n) is 19.2. The van der Waals surface area contributed by atoms with E-state index in [4.69, 9.17) is 11.6 Å². The van der Waals surface area contributed by atoms with Crippen LogP contribution in [-0.2, 0) is 16.7 Å². The number of benzene rings is 2. The summed E-state index contributed by atoms with van der Waals surface area (Å²) in [5, 5.41) is 3.61. The maximum absolute atomic E-state index is 14.3. The molecule has 0 fully saturated rings. The molecule has 0 aliphatic heterocycles. The van der Waals surface area contributed by atoms with Crippen LogP contribution in [0.1, 0.15) is 45.7 Å². The van der Waals surface area contributed by atoms with Crippen LogP contribution in [0.15, 0.2) is 36.4 Å². The van der Waals surface area contributed by atoms with Gasteiger partial charge in [-0.1, -0.05) is 29.8 Å². The van der Waals surface area contributed by atoms with E-state index in [1.54, 1.807) is 0 Å². The van der Waals surface area contributed by atoms with Crippen LogP contribution >= 0.6 is 11.6 Å². The van der Waals surface area contributed by atoms with Crippen molar-refractivity contribution in [2.75, 3.05) is 5.32 Å². The predicted octanol–water partition coefficient (Wildman–Crippen LogP) is 5.92. The number of aryl methyl sites for hydroxylation is 1. The van der Waals surface area contributed by atoms with Gasteiger partial charge in [0.05, 0.1) is 21.4 Å². The molecule has 3 N–H and O–H groups in total. The third kappa shape index (κ3) is 6.24. The van der Waals surface area contributed by atoms with Gasteiger partial charge >= 0.3 is 18.0 Å². The van der Waals surface area contributed by atoms with E-state index >= 15 is 0 Å². The number of carbonyl (C=O) groups excluding carboxylic acids is 2. The molecule has 3 atom stereocenters. The number of amides is 2. The van der Waals surface area contributed by atoms with Crippen LogP contribution in [0, 0.1) is 6.92 Å². The SMILES string of the molecule is Cc1cc(C(F)(C(F)(F)F)C(F)(F)F)ccc1NC(=O)c1cccc(Cl)c1C(=O)N[C@H](C)[C@@H](C)S(=O)O. The minimum Gasteiger partial charge on any atom is -0.348 e. The summed E-state index contributed by atoms with van der Waals surface area (Å²) >= 11 is 3.80. The Labute approximate surface area is 213 Å². The fourth-order valence-electron chi connectivity index (χ4n) is 3.21. The molecule has 0 saturated heterocycles. The Balaban J connectivity index is 2.41. The molecule has 15 heteroatoms. The van der Waals surface area contributed by atoms with Gasteiger partial charge < -0.3 is 15.2 Å². The molecule has 0 saturated carbocycles. The van der Waals surface area contributed by atoms with Crippen LogP contribution in [-0.4, -0.2) is 44.2 Å². The maximum atomic E-state index is 14.3. The second-order valence-corrected chi connectivity index (χ2v) is 9.75. The van der Waals surface area contributed by atoms with Crippen molar-refractivity contribution in [2.24, 2.45) is 0 Å². The Morgan fingerprint density at radius 2 is 1.54 bits per heavy atom. The number of hydrogen-bond acceptors (Lipinski definition) is 3. The first kappa shape index (κ1) is 30.5. The van der Waals surface area contributed by atoms with Crippen molar-refractivity contribution in [1.82, 2.24) is 5.32 Å².